The van der Waals surface area contributed by atoms with Crippen LogP contribution in [0.15, 0.2) is 28.9 Å². The van der Waals surface area contributed by atoms with Gasteiger partial charge in [0.2, 0.25) is 5.91 Å². The van der Waals surface area contributed by atoms with Crippen molar-refractivity contribution in [1.82, 2.24) is 9.78 Å². The van der Waals surface area contributed by atoms with Crippen LogP contribution in [0.2, 0.25) is 0 Å². The molecule has 9 heteroatoms. The number of halogens is 1. The van der Waals surface area contributed by atoms with Crippen molar-refractivity contribution in [2.75, 3.05) is 5.32 Å². The Balaban J connectivity index is 2.23. The zero-order valence-electron chi connectivity index (χ0n) is 12.3. The molecule has 0 saturated carbocycles. The lowest BCUT2D eigenvalue weighted by Crippen LogP contribution is -2.24. The van der Waals surface area contributed by atoms with Crippen molar-refractivity contribution < 1.29 is 9.72 Å². The molecule has 1 aromatic carbocycles. The number of amides is 1. The number of non-ortho nitro benzene ring substituents is 1. The molecule has 0 radical (unpaired) electrons. The third-order valence-corrected chi connectivity index (χ3v) is 4.00. The van der Waals surface area contributed by atoms with Gasteiger partial charge in [0.25, 0.3) is 5.69 Å². The van der Waals surface area contributed by atoms with Gasteiger partial charge in [0.1, 0.15) is 12.1 Å². The highest BCUT2D eigenvalue weighted by atomic mass is 79.9. The number of rotatable bonds is 4. The maximum atomic E-state index is 12.3. The number of hydrogen-bond acceptors (Lipinski definition) is 5. The van der Waals surface area contributed by atoms with Crippen LogP contribution in [0.3, 0.4) is 0 Å². The molecule has 0 aliphatic rings. The maximum Gasteiger partial charge on any atom is 0.270 e. The molecule has 0 bridgehead atoms. The number of aromatic nitrogens is 2. The van der Waals surface area contributed by atoms with Gasteiger partial charge in [-0.2, -0.15) is 10.4 Å². The SMILES string of the molecule is Cc1nn(C(C)C(=O)Nc2ccc([N+](=O)[O-])cc2C#N)cc1Br. The molecule has 1 N–H and O–H groups in total. The van der Waals surface area contributed by atoms with Crippen molar-refractivity contribution in [3.05, 3.63) is 50.2 Å². The Morgan fingerprint density at radius 3 is 2.78 bits per heavy atom. The first kappa shape index (κ1) is 16.6. The average molecular weight is 378 g/mol. The van der Waals surface area contributed by atoms with Gasteiger partial charge < -0.3 is 5.32 Å². The van der Waals surface area contributed by atoms with Crippen LogP contribution in [0.4, 0.5) is 11.4 Å². The minimum absolute atomic E-state index is 0.0255. The molecule has 1 unspecified atom stereocenters. The van der Waals surface area contributed by atoms with Crippen LogP contribution in [0, 0.1) is 28.4 Å². The second kappa shape index (κ2) is 6.58. The van der Waals surface area contributed by atoms with Gasteiger partial charge in [-0.1, -0.05) is 0 Å². The van der Waals surface area contributed by atoms with E-state index in [9.17, 15) is 14.9 Å². The lowest BCUT2D eigenvalue weighted by molar-refractivity contribution is -0.384. The van der Waals surface area contributed by atoms with Gasteiger partial charge in [0, 0.05) is 18.3 Å². The van der Waals surface area contributed by atoms with Gasteiger partial charge in [-0.25, -0.2) is 0 Å². The summed E-state index contributed by atoms with van der Waals surface area (Å²) in [6.07, 6.45) is 1.68. The lowest BCUT2D eigenvalue weighted by atomic mass is 10.1. The Hall–Kier alpha value is -2.73. The van der Waals surface area contributed by atoms with E-state index < -0.39 is 11.0 Å². The predicted octanol–water partition coefficient (Wildman–Crippen LogP) is 2.93. The third kappa shape index (κ3) is 3.54. The number of nitrogens with zero attached hydrogens (tertiary/aromatic N) is 4. The molecule has 0 aliphatic carbocycles. The minimum atomic E-state index is -0.610. The van der Waals surface area contributed by atoms with E-state index in [1.165, 1.54) is 16.8 Å². The number of aryl methyl sites for hydroxylation is 1. The number of anilines is 1. The highest BCUT2D eigenvalue weighted by Gasteiger charge is 2.19. The number of carbonyl (C=O) groups excluding carboxylic acids is 1. The summed E-state index contributed by atoms with van der Waals surface area (Å²) in [6, 6.07) is 4.92. The molecule has 0 fully saturated rings. The van der Waals surface area contributed by atoms with E-state index in [4.69, 9.17) is 5.26 Å². The Bertz CT molecular complexity index is 805. The molecular weight excluding hydrogens is 366 g/mol. The molecule has 1 aromatic heterocycles. The average Bonchev–Trinajstić information content (AvgIpc) is 2.85. The van der Waals surface area contributed by atoms with Gasteiger partial charge in [0.05, 0.1) is 26.3 Å². The number of carbonyl (C=O) groups is 1. The fraction of sp³-hybridized carbons (Fsp3) is 0.214. The molecular formula is C14H12BrN5O3. The Labute approximate surface area is 140 Å². The number of nitro benzene ring substituents is 1. The van der Waals surface area contributed by atoms with Gasteiger partial charge in [-0.3, -0.25) is 19.6 Å². The number of hydrogen-bond donors (Lipinski definition) is 1. The number of nitriles is 1. The van der Waals surface area contributed by atoms with E-state index in [2.05, 4.69) is 26.3 Å². The molecule has 1 atom stereocenters. The predicted molar refractivity (Wildman–Crippen MR) is 85.8 cm³/mol. The van der Waals surface area contributed by atoms with Gasteiger partial charge in [-0.15, -0.1) is 0 Å². The molecule has 23 heavy (non-hydrogen) atoms. The zero-order valence-corrected chi connectivity index (χ0v) is 13.9. The molecule has 2 aromatic rings. The standard InChI is InChI=1S/C14H12BrN5O3/c1-8-12(15)7-19(18-8)9(2)14(21)17-13-4-3-11(20(22)23)5-10(13)6-16/h3-5,7,9H,1-2H3,(H,17,21). The summed E-state index contributed by atoms with van der Waals surface area (Å²) >= 11 is 3.32. The van der Waals surface area contributed by atoms with Crippen molar-refractivity contribution in [1.29, 1.82) is 5.26 Å². The molecule has 1 amide bonds. The summed E-state index contributed by atoms with van der Waals surface area (Å²) < 4.78 is 2.27. The Morgan fingerprint density at radius 1 is 1.57 bits per heavy atom. The molecule has 1 heterocycles. The van der Waals surface area contributed by atoms with Crippen LogP contribution in [0.5, 0.6) is 0 Å². The van der Waals surface area contributed by atoms with Gasteiger partial charge in [0.15, 0.2) is 0 Å². The Kier molecular flexibility index (Phi) is 4.76. The van der Waals surface area contributed by atoms with Gasteiger partial charge in [-0.05, 0) is 35.8 Å². The van der Waals surface area contributed by atoms with Crippen LogP contribution < -0.4 is 5.32 Å². The molecule has 0 spiro atoms. The highest BCUT2D eigenvalue weighted by Crippen LogP contribution is 2.23. The fourth-order valence-electron chi connectivity index (χ4n) is 1.86. The van der Waals surface area contributed by atoms with Crippen LogP contribution in [-0.2, 0) is 4.79 Å². The monoisotopic (exact) mass is 377 g/mol. The van der Waals surface area contributed by atoms with E-state index in [1.807, 2.05) is 6.07 Å². The molecule has 0 saturated heterocycles. The van der Waals surface area contributed by atoms with Gasteiger partial charge >= 0.3 is 0 Å². The van der Waals surface area contributed by atoms with Crippen molar-refractivity contribution in [3.63, 3.8) is 0 Å². The topological polar surface area (TPSA) is 114 Å². The van der Waals surface area contributed by atoms with E-state index in [0.29, 0.717) is 0 Å². The normalized spacial score (nSPS) is 11.6. The number of nitrogens with one attached hydrogen (secondary N) is 1. The number of nitro groups is 1. The first-order valence-corrected chi connectivity index (χ1v) is 7.33. The first-order chi connectivity index (χ1) is 10.8. The van der Waals surface area contributed by atoms with E-state index >= 15 is 0 Å². The number of benzene rings is 1. The summed E-state index contributed by atoms with van der Waals surface area (Å²) in [5.74, 6) is -0.384. The van der Waals surface area contributed by atoms with Crippen molar-refractivity contribution in [2.24, 2.45) is 0 Å². The summed E-state index contributed by atoms with van der Waals surface area (Å²) in [5.41, 5.74) is 0.785. The Morgan fingerprint density at radius 2 is 2.26 bits per heavy atom. The van der Waals surface area contributed by atoms with Crippen LogP contribution in [-0.4, -0.2) is 20.6 Å². The molecule has 2 rings (SSSR count). The summed E-state index contributed by atoms with van der Waals surface area (Å²) in [7, 11) is 0. The van der Waals surface area contributed by atoms with E-state index in [0.717, 1.165) is 16.2 Å². The molecule has 8 nitrogen and oxygen atoms in total. The van der Waals surface area contributed by atoms with Crippen LogP contribution >= 0.6 is 15.9 Å². The zero-order chi connectivity index (χ0) is 17.1. The van der Waals surface area contributed by atoms with Crippen molar-refractivity contribution in [3.8, 4) is 6.07 Å². The van der Waals surface area contributed by atoms with Crippen LogP contribution in [0.25, 0.3) is 0 Å². The summed E-state index contributed by atoms with van der Waals surface area (Å²) in [4.78, 5) is 22.4. The summed E-state index contributed by atoms with van der Waals surface area (Å²) in [5, 5.41) is 26.6. The quantitative estimate of drug-likeness (QED) is 0.649. The van der Waals surface area contributed by atoms with Crippen molar-refractivity contribution in [2.45, 2.75) is 19.9 Å². The fourth-order valence-corrected chi connectivity index (χ4v) is 2.15. The smallest absolute Gasteiger partial charge is 0.270 e. The summed E-state index contributed by atoms with van der Waals surface area (Å²) in [6.45, 7) is 3.46. The minimum Gasteiger partial charge on any atom is -0.323 e. The van der Waals surface area contributed by atoms with E-state index in [-0.39, 0.29) is 22.8 Å². The van der Waals surface area contributed by atoms with Crippen LogP contribution in [0.1, 0.15) is 24.2 Å². The second-order valence-electron chi connectivity index (χ2n) is 4.81. The third-order valence-electron chi connectivity index (χ3n) is 3.23. The maximum absolute atomic E-state index is 12.3. The van der Waals surface area contributed by atoms with Crippen molar-refractivity contribution >= 4 is 33.2 Å². The largest absolute Gasteiger partial charge is 0.323 e. The second-order valence-corrected chi connectivity index (χ2v) is 5.66. The highest BCUT2D eigenvalue weighted by molar-refractivity contribution is 9.10. The first-order valence-electron chi connectivity index (χ1n) is 6.54. The molecule has 0 aliphatic heterocycles. The van der Waals surface area contributed by atoms with E-state index in [1.54, 1.807) is 20.0 Å². The molecule has 118 valence electrons. The lowest BCUT2D eigenvalue weighted by Gasteiger charge is -2.13.